The minimum atomic E-state index is 0.128. The van der Waals surface area contributed by atoms with Gasteiger partial charge in [-0.3, -0.25) is 0 Å². The van der Waals surface area contributed by atoms with Crippen LogP contribution in [-0.4, -0.2) is 18.2 Å². The predicted molar refractivity (Wildman–Crippen MR) is 63.1 cm³/mol. The van der Waals surface area contributed by atoms with Gasteiger partial charge in [0.1, 0.15) is 5.75 Å². The third kappa shape index (κ3) is 4.51. The van der Waals surface area contributed by atoms with E-state index in [9.17, 15) is 5.11 Å². The summed E-state index contributed by atoms with van der Waals surface area (Å²) >= 11 is 5.78. The van der Waals surface area contributed by atoms with Gasteiger partial charge in [0, 0.05) is 6.54 Å². The van der Waals surface area contributed by atoms with Crippen molar-refractivity contribution in [3.05, 3.63) is 28.8 Å². The van der Waals surface area contributed by atoms with Crippen LogP contribution in [0.25, 0.3) is 0 Å². The van der Waals surface area contributed by atoms with E-state index in [4.69, 9.17) is 17.3 Å². The topological polar surface area (TPSA) is 58.3 Å². The number of hydrogen-bond donors (Lipinski definition) is 3. The van der Waals surface area contributed by atoms with Gasteiger partial charge in [-0.1, -0.05) is 17.7 Å². The maximum Gasteiger partial charge on any atom is 0.134 e. The average Bonchev–Trinajstić information content (AvgIpc) is 2.23. The van der Waals surface area contributed by atoms with Crippen LogP contribution in [0.5, 0.6) is 5.75 Å². The van der Waals surface area contributed by atoms with Crippen molar-refractivity contribution >= 4 is 11.6 Å². The van der Waals surface area contributed by atoms with E-state index < -0.39 is 0 Å². The number of unbranched alkanes of at least 4 members (excludes halogenated alkanes) is 1. The van der Waals surface area contributed by atoms with Crippen molar-refractivity contribution in [2.45, 2.75) is 19.4 Å². The largest absolute Gasteiger partial charge is 0.506 e. The number of phenolic OH excluding ortho intramolecular Hbond substituents is 1. The van der Waals surface area contributed by atoms with E-state index in [2.05, 4.69) is 5.32 Å². The van der Waals surface area contributed by atoms with E-state index in [-0.39, 0.29) is 5.75 Å². The fourth-order valence-corrected chi connectivity index (χ4v) is 1.49. The third-order valence-electron chi connectivity index (χ3n) is 2.15. The Labute approximate surface area is 95.2 Å². The summed E-state index contributed by atoms with van der Waals surface area (Å²) in [6.45, 7) is 2.47. The minimum absolute atomic E-state index is 0.128. The standard InChI is InChI=1S/C11H17ClN2O/c12-10-7-9(3-4-11(10)15)8-14-6-2-1-5-13/h3-4,7,14-15H,1-2,5-6,8,13H2. The lowest BCUT2D eigenvalue weighted by Gasteiger charge is -2.05. The summed E-state index contributed by atoms with van der Waals surface area (Å²) in [6.07, 6.45) is 2.13. The quantitative estimate of drug-likeness (QED) is 0.652. The number of rotatable bonds is 6. The van der Waals surface area contributed by atoms with Crippen molar-refractivity contribution < 1.29 is 5.11 Å². The summed E-state index contributed by atoms with van der Waals surface area (Å²) in [6, 6.07) is 5.24. The van der Waals surface area contributed by atoms with E-state index in [0.717, 1.165) is 38.0 Å². The Hall–Kier alpha value is -0.770. The molecule has 0 aliphatic carbocycles. The molecule has 0 unspecified atom stereocenters. The molecule has 0 bridgehead atoms. The van der Waals surface area contributed by atoms with Crippen LogP contribution in [0.3, 0.4) is 0 Å². The van der Waals surface area contributed by atoms with Crippen LogP contribution in [0.1, 0.15) is 18.4 Å². The van der Waals surface area contributed by atoms with Gasteiger partial charge in [-0.2, -0.15) is 0 Å². The van der Waals surface area contributed by atoms with Crippen molar-refractivity contribution in [2.24, 2.45) is 5.73 Å². The molecular weight excluding hydrogens is 212 g/mol. The Balaban J connectivity index is 2.28. The average molecular weight is 229 g/mol. The summed E-state index contributed by atoms with van der Waals surface area (Å²) < 4.78 is 0. The van der Waals surface area contributed by atoms with Crippen molar-refractivity contribution in [1.82, 2.24) is 5.32 Å². The Bertz CT molecular complexity index is 305. The molecule has 3 nitrogen and oxygen atoms in total. The maximum atomic E-state index is 9.22. The van der Waals surface area contributed by atoms with Crippen molar-refractivity contribution in [2.75, 3.05) is 13.1 Å². The van der Waals surface area contributed by atoms with E-state index in [1.807, 2.05) is 6.07 Å². The molecule has 0 aromatic heterocycles. The van der Waals surface area contributed by atoms with Gasteiger partial charge < -0.3 is 16.2 Å². The van der Waals surface area contributed by atoms with Crippen molar-refractivity contribution in [3.63, 3.8) is 0 Å². The molecule has 4 N–H and O–H groups in total. The van der Waals surface area contributed by atoms with Crippen LogP contribution in [-0.2, 0) is 6.54 Å². The molecule has 1 rings (SSSR count). The Morgan fingerprint density at radius 1 is 1.33 bits per heavy atom. The highest BCUT2D eigenvalue weighted by Crippen LogP contribution is 2.23. The predicted octanol–water partition coefficient (Wildman–Crippen LogP) is 1.87. The first-order chi connectivity index (χ1) is 7.24. The second kappa shape index (κ2) is 6.67. The normalized spacial score (nSPS) is 10.5. The second-order valence-corrected chi connectivity index (χ2v) is 3.87. The first kappa shape index (κ1) is 12.3. The number of phenols is 1. The molecule has 0 radical (unpaired) electrons. The molecule has 1 aromatic carbocycles. The number of nitrogens with two attached hydrogens (primary N) is 1. The maximum absolute atomic E-state index is 9.22. The number of hydrogen-bond acceptors (Lipinski definition) is 3. The highest BCUT2D eigenvalue weighted by molar-refractivity contribution is 6.32. The molecule has 0 spiro atoms. The first-order valence-corrected chi connectivity index (χ1v) is 5.50. The van der Waals surface area contributed by atoms with Crippen LogP contribution >= 0.6 is 11.6 Å². The highest BCUT2D eigenvalue weighted by atomic mass is 35.5. The summed E-state index contributed by atoms with van der Waals surface area (Å²) in [5.41, 5.74) is 6.46. The smallest absolute Gasteiger partial charge is 0.134 e. The lowest BCUT2D eigenvalue weighted by atomic mass is 10.2. The molecule has 1 aromatic rings. The fraction of sp³-hybridized carbons (Fsp3) is 0.455. The van der Waals surface area contributed by atoms with Gasteiger partial charge in [-0.05, 0) is 43.6 Å². The van der Waals surface area contributed by atoms with Crippen LogP contribution < -0.4 is 11.1 Å². The van der Waals surface area contributed by atoms with Gasteiger partial charge in [0.25, 0.3) is 0 Å². The van der Waals surface area contributed by atoms with Crippen LogP contribution in [0.2, 0.25) is 5.02 Å². The summed E-state index contributed by atoms with van der Waals surface area (Å²) in [5, 5.41) is 12.9. The molecule has 0 fully saturated rings. The molecule has 0 heterocycles. The second-order valence-electron chi connectivity index (χ2n) is 3.46. The van der Waals surface area contributed by atoms with Crippen LogP contribution in [0.15, 0.2) is 18.2 Å². The molecule has 0 aliphatic heterocycles. The first-order valence-electron chi connectivity index (χ1n) is 5.12. The fourth-order valence-electron chi connectivity index (χ4n) is 1.29. The minimum Gasteiger partial charge on any atom is -0.506 e. The van der Waals surface area contributed by atoms with E-state index in [1.165, 1.54) is 0 Å². The molecule has 4 heteroatoms. The molecule has 0 aliphatic rings. The van der Waals surface area contributed by atoms with Crippen LogP contribution in [0.4, 0.5) is 0 Å². The number of nitrogens with one attached hydrogen (secondary N) is 1. The zero-order chi connectivity index (χ0) is 11.1. The van der Waals surface area contributed by atoms with E-state index in [0.29, 0.717) is 5.02 Å². The summed E-state index contributed by atoms with van der Waals surface area (Å²) in [4.78, 5) is 0. The molecule has 0 amide bonds. The number of halogens is 1. The highest BCUT2D eigenvalue weighted by Gasteiger charge is 1.99. The lowest BCUT2D eigenvalue weighted by Crippen LogP contribution is -2.15. The monoisotopic (exact) mass is 228 g/mol. The molecule has 0 saturated heterocycles. The van der Waals surface area contributed by atoms with Crippen LogP contribution in [0, 0.1) is 0 Å². The lowest BCUT2D eigenvalue weighted by molar-refractivity contribution is 0.475. The zero-order valence-corrected chi connectivity index (χ0v) is 9.43. The molecule has 84 valence electrons. The zero-order valence-electron chi connectivity index (χ0n) is 8.67. The third-order valence-corrected chi connectivity index (χ3v) is 2.45. The van der Waals surface area contributed by atoms with Gasteiger partial charge >= 0.3 is 0 Å². The molecule has 0 saturated carbocycles. The Morgan fingerprint density at radius 3 is 2.80 bits per heavy atom. The van der Waals surface area contributed by atoms with Crippen molar-refractivity contribution in [1.29, 1.82) is 0 Å². The molecule has 15 heavy (non-hydrogen) atoms. The summed E-state index contributed by atoms with van der Waals surface area (Å²) in [5.74, 6) is 0.128. The molecular formula is C11H17ClN2O. The number of benzene rings is 1. The van der Waals surface area contributed by atoms with Gasteiger partial charge in [-0.15, -0.1) is 0 Å². The van der Waals surface area contributed by atoms with E-state index >= 15 is 0 Å². The van der Waals surface area contributed by atoms with Crippen molar-refractivity contribution in [3.8, 4) is 5.75 Å². The van der Waals surface area contributed by atoms with Gasteiger partial charge in [0.05, 0.1) is 5.02 Å². The van der Waals surface area contributed by atoms with E-state index in [1.54, 1.807) is 12.1 Å². The Morgan fingerprint density at radius 2 is 2.13 bits per heavy atom. The molecule has 0 atom stereocenters. The number of aromatic hydroxyl groups is 1. The SMILES string of the molecule is NCCCCNCc1ccc(O)c(Cl)c1. The van der Waals surface area contributed by atoms with Gasteiger partial charge in [-0.25, -0.2) is 0 Å². The van der Waals surface area contributed by atoms with Gasteiger partial charge in [0.15, 0.2) is 0 Å². The Kier molecular flexibility index (Phi) is 5.47. The van der Waals surface area contributed by atoms with Gasteiger partial charge in [0.2, 0.25) is 0 Å². The summed E-state index contributed by atoms with van der Waals surface area (Å²) in [7, 11) is 0.